The number of benzene rings is 2. The molecule has 0 spiro atoms. The molecule has 0 aliphatic heterocycles. The average molecular weight is 446 g/mol. The van der Waals surface area contributed by atoms with Gasteiger partial charge in [0.2, 0.25) is 15.9 Å². The number of hydrogen-bond donors (Lipinski definition) is 1. The van der Waals surface area contributed by atoms with Crippen LogP contribution in [0, 0.1) is 6.92 Å². The molecule has 0 saturated heterocycles. The number of sulfonamides is 1. The van der Waals surface area contributed by atoms with Gasteiger partial charge in [0.15, 0.2) is 0 Å². The van der Waals surface area contributed by atoms with Crippen molar-refractivity contribution in [2.45, 2.75) is 16.8 Å². The van der Waals surface area contributed by atoms with Gasteiger partial charge >= 0.3 is 0 Å². The van der Waals surface area contributed by atoms with Crippen LogP contribution in [0.3, 0.4) is 0 Å². The molecule has 0 bridgehead atoms. The van der Waals surface area contributed by atoms with E-state index in [0.29, 0.717) is 5.69 Å². The molecular weight excluding hydrogens is 422 g/mol. The van der Waals surface area contributed by atoms with Gasteiger partial charge in [-0.1, -0.05) is 11.8 Å². The Morgan fingerprint density at radius 3 is 2.47 bits per heavy atom. The molecule has 30 heavy (non-hydrogen) atoms. The Morgan fingerprint density at radius 1 is 1.13 bits per heavy atom. The van der Waals surface area contributed by atoms with Crippen LogP contribution in [0.2, 0.25) is 0 Å². The highest BCUT2D eigenvalue weighted by Crippen LogP contribution is 2.27. The van der Waals surface area contributed by atoms with Gasteiger partial charge in [0.05, 0.1) is 23.3 Å². The van der Waals surface area contributed by atoms with Crippen molar-refractivity contribution < 1.29 is 17.9 Å². The molecule has 7 nitrogen and oxygen atoms in total. The van der Waals surface area contributed by atoms with E-state index in [1.54, 1.807) is 19.2 Å². The Hall–Kier alpha value is -2.62. The first-order valence-electron chi connectivity index (χ1n) is 9.11. The van der Waals surface area contributed by atoms with Crippen molar-refractivity contribution >= 4 is 44.3 Å². The van der Waals surface area contributed by atoms with Crippen molar-refractivity contribution in [1.82, 2.24) is 9.29 Å². The first kappa shape index (κ1) is 22.1. The number of nitrogens with one attached hydrogen (secondary N) is 1. The molecule has 9 heteroatoms. The fourth-order valence-electron chi connectivity index (χ4n) is 2.76. The summed E-state index contributed by atoms with van der Waals surface area (Å²) in [5.74, 6) is 0.712. The summed E-state index contributed by atoms with van der Waals surface area (Å²) in [6.07, 6.45) is 0. The highest BCUT2D eigenvalue weighted by Gasteiger charge is 2.17. The topological polar surface area (TPSA) is 88.6 Å². The summed E-state index contributed by atoms with van der Waals surface area (Å²) in [4.78, 5) is 17.2. The van der Waals surface area contributed by atoms with E-state index in [4.69, 9.17) is 4.74 Å². The molecule has 0 radical (unpaired) electrons. The highest BCUT2D eigenvalue weighted by molar-refractivity contribution is 8.00. The number of methoxy groups -OCH3 is 1. The Labute approximate surface area is 180 Å². The number of ether oxygens (including phenoxy) is 1. The van der Waals surface area contributed by atoms with Crippen molar-refractivity contribution in [1.29, 1.82) is 0 Å². The van der Waals surface area contributed by atoms with Crippen LogP contribution in [0.15, 0.2) is 58.5 Å². The van der Waals surface area contributed by atoms with E-state index in [1.807, 2.05) is 31.2 Å². The average Bonchev–Trinajstić information content (AvgIpc) is 2.72. The smallest absolute Gasteiger partial charge is 0.242 e. The van der Waals surface area contributed by atoms with Gasteiger partial charge < -0.3 is 10.1 Å². The molecular formula is C21H23N3O4S2. The lowest BCUT2D eigenvalue weighted by Gasteiger charge is -2.12. The van der Waals surface area contributed by atoms with Gasteiger partial charge in [-0.3, -0.25) is 4.79 Å². The van der Waals surface area contributed by atoms with E-state index in [0.717, 1.165) is 31.5 Å². The minimum Gasteiger partial charge on any atom is -0.497 e. The van der Waals surface area contributed by atoms with Crippen molar-refractivity contribution in [2.75, 3.05) is 32.3 Å². The van der Waals surface area contributed by atoms with Crippen molar-refractivity contribution in [3.05, 3.63) is 54.1 Å². The lowest BCUT2D eigenvalue weighted by atomic mass is 10.2. The van der Waals surface area contributed by atoms with Gasteiger partial charge in [0.1, 0.15) is 10.8 Å². The number of anilines is 1. The van der Waals surface area contributed by atoms with Gasteiger partial charge in [0.25, 0.3) is 0 Å². The number of aryl methyl sites for hydroxylation is 1. The van der Waals surface area contributed by atoms with Gasteiger partial charge in [-0.25, -0.2) is 17.7 Å². The third-order valence-corrected chi connectivity index (χ3v) is 7.35. The van der Waals surface area contributed by atoms with Crippen LogP contribution < -0.4 is 10.1 Å². The number of aromatic nitrogens is 1. The molecule has 158 valence electrons. The molecule has 0 atom stereocenters. The van der Waals surface area contributed by atoms with Crippen LogP contribution in [0.25, 0.3) is 10.9 Å². The molecule has 3 rings (SSSR count). The molecule has 1 heterocycles. The Kier molecular flexibility index (Phi) is 6.64. The van der Waals surface area contributed by atoms with Crippen LogP contribution in [0.5, 0.6) is 5.75 Å². The summed E-state index contributed by atoms with van der Waals surface area (Å²) in [5.41, 5.74) is 2.33. The normalized spacial score (nSPS) is 11.6. The molecule has 0 unspecified atom stereocenters. The van der Waals surface area contributed by atoms with Crippen LogP contribution in [-0.4, -0.2) is 50.6 Å². The predicted molar refractivity (Wildman–Crippen MR) is 120 cm³/mol. The van der Waals surface area contributed by atoms with Crippen LogP contribution in [0.1, 0.15) is 5.56 Å². The fourth-order valence-corrected chi connectivity index (χ4v) is 4.45. The minimum atomic E-state index is -3.50. The summed E-state index contributed by atoms with van der Waals surface area (Å²) in [7, 11) is 1.06. The van der Waals surface area contributed by atoms with E-state index in [-0.39, 0.29) is 16.6 Å². The van der Waals surface area contributed by atoms with Gasteiger partial charge in [-0.15, -0.1) is 0 Å². The second kappa shape index (κ2) is 9.03. The molecule has 1 aromatic heterocycles. The van der Waals surface area contributed by atoms with E-state index in [1.165, 1.54) is 38.0 Å². The van der Waals surface area contributed by atoms with Crippen LogP contribution in [-0.2, 0) is 14.8 Å². The summed E-state index contributed by atoms with van der Waals surface area (Å²) < 4.78 is 30.6. The Bertz CT molecular complexity index is 1180. The second-order valence-corrected chi connectivity index (χ2v) is 9.93. The molecule has 2 aromatic carbocycles. The van der Waals surface area contributed by atoms with E-state index >= 15 is 0 Å². The molecule has 0 saturated carbocycles. The molecule has 0 aliphatic rings. The lowest BCUT2D eigenvalue weighted by molar-refractivity contribution is -0.113. The number of pyridine rings is 1. The van der Waals surface area contributed by atoms with Crippen molar-refractivity contribution in [3.8, 4) is 5.75 Å². The summed E-state index contributed by atoms with van der Waals surface area (Å²) >= 11 is 1.35. The predicted octanol–water partition coefficient (Wildman–Crippen LogP) is 3.53. The Morgan fingerprint density at radius 2 is 1.83 bits per heavy atom. The number of rotatable bonds is 7. The molecule has 1 amide bonds. The third kappa shape index (κ3) is 4.92. The van der Waals surface area contributed by atoms with Gasteiger partial charge in [-0.2, -0.15) is 0 Å². The largest absolute Gasteiger partial charge is 0.497 e. The zero-order valence-corrected chi connectivity index (χ0v) is 18.8. The van der Waals surface area contributed by atoms with Crippen LogP contribution in [0.4, 0.5) is 5.69 Å². The molecule has 0 aliphatic carbocycles. The monoisotopic (exact) mass is 445 g/mol. The molecule has 3 aromatic rings. The van der Waals surface area contributed by atoms with Crippen molar-refractivity contribution in [2.24, 2.45) is 0 Å². The van der Waals surface area contributed by atoms with E-state index < -0.39 is 10.0 Å². The number of carbonyl (C=O) groups excluding carboxylic acids is 1. The van der Waals surface area contributed by atoms with Gasteiger partial charge in [-0.05, 0) is 55.0 Å². The number of fused-ring (bicyclic) bond motifs is 1. The number of nitrogens with zero attached hydrogens (tertiary/aromatic N) is 2. The zero-order chi connectivity index (χ0) is 21.9. The van der Waals surface area contributed by atoms with E-state index in [2.05, 4.69) is 10.3 Å². The number of carbonyl (C=O) groups is 1. The van der Waals surface area contributed by atoms with E-state index in [9.17, 15) is 13.2 Å². The fraction of sp³-hybridized carbons (Fsp3) is 0.238. The maximum absolute atomic E-state index is 12.3. The van der Waals surface area contributed by atoms with Crippen molar-refractivity contribution in [3.63, 3.8) is 0 Å². The first-order valence-corrected chi connectivity index (χ1v) is 11.5. The molecule has 0 fully saturated rings. The first-order chi connectivity index (χ1) is 14.2. The highest BCUT2D eigenvalue weighted by atomic mass is 32.2. The summed E-state index contributed by atoms with van der Waals surface area (Å²) in [6.45, 7) is 1.96. The zero-order valence-electron chi connectivity index (χ0n) is 17.2. The Balaban J connectivity index is 1.66. The number of hydrogen-bond acceptors (Lipinski definition) is 6. The SMILES string of the molecule is COc1ccc2cc(C)c(SCC(=O)Nc3ccc(S(=O)(=O)N(C)C)cc3)nc2c1. The molecule has 1 N–H and O–H groups in total. The maximum Gasteiger partial charge on any atom is 0.242 e. The number of thioether (sulfide) groups is 1. The third-order valence-electron chi connectivity index (χ3n) is 4.43. The summed E-state index contributed by atoms with van der Waals surface area (Å²) in [5, 5.41) is 4.56. The maximum atomic E-state index is 12.3. The minimum absolute atomic E-state index is 0.172. The summed E-state index contributed by atoms with van der Waals surface area (Å²) in [6, 6.07) is 13.8. The standard InChI is InChI=1S/C21H23N3O4S2/c1-14-11-15-5-8-17(28-4)12-19(15)23-21(14)29-13-20(25)22-16-6-9-18(10-7-16)30(26,27)24(2)3/h5-12H,13H2,1-4H3,(H,22,25). The van der Waals surface area contributed by atoms with Crippen LogP contribution >= 0.6 is 11.8 Å². The quantitative estimate of drug-likeness (QED) is 0.560. The second-order valence-electron chi connectivity index (χ2n) is 6.82. The lowest BCUT2D eigenvalue weighted by Crippen LogP contribution is -2.22. The van der Waals surface area contributed by atoms with Gasteiger partial charge in [0, 0.05) is 31.2 Å². The number of amides is 1.